The van der Waals surface area contributed by atoms with E-state index in [0.717, 1.165) is 0 Å². The summed E-state index contributed by atoms with van der Waals surface area (Å²) in [6.07, 6.45) is 0. The van der Waals surface area contributed by atoms with Crippen LogP contribution in [0.4, 0.5) is 5.82 Å². The Morgan fingerprint density at radius 3 is 2.60 bits per heavy atom. The number of nitrogens with zero attached hydrogens (tertiary/aromatic N) is 2. The summed E-state index contributed by atoms with van der Waals surface area (Å²) in [5, 5.41) is 0.352. The number of anilines is 1. The number of aromatic nitrogens is 2. The van der Waals surface area contributed by atoms with Crippen molar-refractivity contribution in [1.29, 1.82) is 0 Å². The summed E-state index contributed by atoms with van der Waals surface area (Å²) in [7, 11) is 0. The summed E-state index contributed by atoms with van der Waals surface area (Å²) in [6.45, 7) is 1.73. The smallest absolute Gasteiger partial charge is 0.149 e. The molecule has 0 atom stereocenters. The average Bonchev–Trinajstić information content (AvgIpc) is 1.82. The molecule has 3 nitrogen and oxygen atoms in total. The van der Waals surface area contributed by atoms with Crippen LogP contribution in [0.2, 0.25) is 5.15 Å². The fourth-order valence-electron chi connectivity index (χ4n) is 0.545. The highest BCUT2D eigenvalue weighted by Crippen LogP contribution is 2.24. The van der Waals surface area contributed by atoms with Crippen LogP contribution in [0, 0.1) is 6.92 Å². The van der Waals surface area contributed by atoms with Crippen LogP contribution in [0.15, 0.2) is 4.47 Å². The number of rotatable bonds is 0. The molecule has 5 heteroatoms. The van der Waals surface area contributed by atoms with Crippen LogP contribution in [0.25, 0.3) is 0 Å². The van der Waals surface area contributed by atoms with E-state index in [1.807, 2.05) is 0 Å². The molecule has 0 radical (unpaired) electrons. The Kier molecular flexibility index (Phi) is 2.11. The molecule has 0 fully saturated rings. The van der Waals surface area contributed by atoms with Crippen molar-refractivity contribution in [3.8, 4) is 0 Å². The molecule has 0 aromatic carbocycles. The number of nitrogens with two attached hydrogens (primary N) is 1. The van der Waals surface area contributed by atoms with Crippen LogP contribution in [0.1, 0.15) is 5.82 Å². The van der Waals surface area contributed by atoms with Crippen LogP contribution in [-0.4, -0.2) is 9.97 Å². The zero-order valence-corrected chi connectivity index (χ0v) is 7.57. The molecule has 0 bridgehead atoms. The van der Waals surface area contributed by atoms with Gasteiger partial charge in [-0.3, -0.25) is 0 Å². The Balaban J connectivity index is 3.31. The molecule has 0 aliphatic rings. The van der Waals surface area contributed by atoms with Gasteiger partial charge in [-0.15, -0.1) is 0 Å². The molecule has 54 valence electrons. The summed E-state index contributed by atoms with van der Waals surface area (Å²) in [5.74, 6) is 0.947. The molecule has 2 N–H and O–H groups in total. The maximum absolute atomic E-state index is 5.64. The molecule has 0 saturated carbocycles. The highest BCUT2D eigenvalue weighted by Gasteiger charge is 2.03. The van der Waals surface area contributed by atoms with Crippen molar-refractivity contribution in [3.05, 3.63) is 15.5 Å². The first-order valence-electron chi connectivity index (χ1n) is 2.56. The lowest BCUT2D eigenvalue weighted by Gasteiger charge is -1.99. The van der Waals surface area contributed by atoms with E-state index in [-0.39, 0.29) is 0 Å². The fourth-order valence-corrected chi connectivity index (χ4v) is 0.942. The lowest BCUT2D eigenvalue weighted by atomic mass is 10.5. The normalized spacial score (nSPS) is 9.90. The highest BCUT2D eigenvalue weighted by atomic mass is 79.9. The molecule has 1 aromatic rings. The van der Waals surface area contributed by atoms with Gasteiger partial charge in [0.25, 0.3) is 0 Å². The molecule has 0 unspecified atom stereocenters. The third kappa shape index (κ3) is 1.38. The number of hydrogen-bond acceptors (Lipinski definition) is 3. The first-order chi connectivity index (χ1) is 4.61. The number of hydrogen-bond donors (Lipinski definition) is 1. The summed E-state index contributed by atoms with van der Waals surface area (Å²) in [6, 6.07) is 0. The van der Waals surface area contributed by atoms with Crippen molar-refractivity contribution in [2.75, 3.05) is 5.73 Å². The topological polar surface area (TPSA) is 51.8 Å². The van der Waals surface area contributed by atoms with Gasteiger partial charge in [0, 0.05) is 0 Å². The third-order valence-corrected chi connectivity index (χ3v) is 2.23. The standard InChI is InChI=1S/C5H5BrClN3/c1-2-9-4(7)3(6)5(8)10-2/h1H3,(H2,8,9,10). The first-order valence-corrected chi connectivity index (χ1v) is 3.73. The first kappa shape index (κ1) is 7.75. The van der Waals surface area contributed by atoms with Gasteiger partial charge in [0.15, 0.2) is 0 Å². The van der Waals surface area contributed by atoms with Gasteiger partial charge in [0.05, 0.1) is 4.47 Å². The van der Waals surface area contributed by atoms with Crippen molar-refractivity contribution in [3.63, 3.8) is 0 Å². The highest BCUT2D eigenvalue weighted by molar-refractivity contribution is 9.10. The van der Waals surface area contributed by atoms with Gasteiger partial charge < -0.3 is 5.73 Å². The number of halogens is 2. The molecule has 0 amide bonds. The van der Waals surface area contributed by atoms with E-state index < -0.39 is 0 Å². The van der Waals surface area contributed by atoms with Crippen molar-refractivity contribution >= 4 is 33.3 Å². The van der Waals surface area contributed by atoms with Crippen molar-refractivity contribution in [2.24, 2.45) is 0 Å². The Bertz CT molecular complexity index is 240. The zero-order chi connectivity index (χ0) is 7.72. The van der Waals surface area contributed by atoms with Gasteiger partial charge in [-0.05, 0) is 22.9 Å². The minimum absolute atomic E-state index is 0.352. The second-order valence-electron chi connectivity index (χ2n) is 1.76. The molecule has 10 heavy (non-hydrogen) atoms. The second-order valence-corrected chi connectivity index (χ2v) is 2.91. The van der Waals surface area contributed by atoms with E-state index in [0.29, 0.717) is 21.3 Å². The number of aryl methyl sites for hydroxylation is 1. The van der Waals surface area contributed by atoms with Crippen LogP contribution in [-0.2, 0) is 0 Å². The third-order valence-electron chi connectivity index (χ3n) is 0.948. The maximum Gasteiger partial charge on any atom is 0.149 e. The van der Waals surface area contributed by atoms with Crippen molar-refractivity contribution < 1.29 is 0 Å². The van der Waals surface area contributed by atoms with E-state index >= 15 is 0 Å². The Morgan fingerprint density at radius 2 is 2.10 bits per heavy atom. The van der Waals surface area contributed by atoms with E-state index in [2.05, 4.69) is 25.9 Å². The molecule has 0 spiro atoms. The quantitative estimate of drug-likeness (QED) is 0.681. The van der Waals surface area contributed by atoms with E-state index in [4.69, 9.17) is 17.3 Å². The molecule has 0 aliphatic heterocycles. The SMILES string of the molecule is Cc1nc(N)c(Br)c(Cl)n1. The second kappa shape index (κ2) is 2.72. The van der Waals surface area contributed by atoms with E-state index in [1.54, 1.807) is 6.92 Å². The Labute approximate surface area is 71.7 Å². The largest absolute Gasteiger partial charge is 0.383 e. The summed E-state index contributed by atoms with van der Waals surface area (Å²) >= 11 is 8.77. The predicted molar refractivity (Wildman–Crippen MR) is 43.9 cm³/mol. The van der Waals surface area contributed by atoms with Crippen LogP contribution >= 0.6 is 27.5 Å². The monoisotopic (exact) mass is 221 g/mol. The van der Waals surface area contributed by atoms with Crippen molar-refractivity contribution in [2.45, 2.75) is 6.92 Å². The molecule has 0 saturated heterocycles. The molecule has 1 heterocycles. The lowest BCUT2D eigenvalue weighted by molar-refractivity contribution is 1.05. The van der Waals surface area contributed by atoms with Gasteiger partial charge >= 0.3 is 0 Å². The maximum atomic E-state index is 5.64. The summed E-state index contributed by atoms with van der Waals surface area (Å²) in [4.78, 5) is 7.73. The summed E-state index contributed by atoms with van der Waals surface area (Å²) in [5.41, 5.74) is 5.44. The molecule has 1 aromatic heterocycles. The van der Waals surface area contributed by atoms with E-state index in [1.165, 1.54) is 0 Å². The van der Waals surface area contributed by atoms with Crippen LogP contribution in [0.3, 0.4) is 0 Å². The molecule has 1 rings (SSSR count). The summed E-state index contributed by atoms with van der Waals surface area (Å²) < 4.78 is 0.555. The van der Waals surface area contributed by atoms with Crippen LogP contribution in [0.5, 0.6) is 0 Å². The number of nitrogen functional groups attached to an aromatic ring is 1. The van der Waals surface area contributed by atoms with Gasteiger partial charge in [-0.2, -0.15) is 0 Å². The minimum Gasteiger partial charge on any atom is -0.383 e. The minimum atomic E-state index is 0.352. The van der Waals surface area contributed by atoms with Gasteiger partial charge in [0.2, 0.25) is 0 Å². The molecular weight excluding hydrogens is 217 g/mol. The van der Waals surface area contributed by atoms with Crippen molar-refractivity contribution in [1.82, 2.24) is 9.97 Å². The van der Waals surface area contributed by atoms with Crippen LogP contribution < -0.4 is 5.73 Å². The average molecular weight is 222 g/mol. The lowest BCUT2D eigenvalue weighted by Crippen LogP contribution is -1.97. The molecular formula is C5H5BrClN3. The van der Waals surface area contributed by atoms with Gasteiger partial charge in [-0.25, -0.2) is 9.97 Å². The Morgan fingerprint density at radius 1 is 1.50 bits per heavy atom. The van der Waals surface area contributed by atoms with E-state index in [9.17, 15) is 0 Å². The van der Waals surface area contributed by atoms with Gasteiger partial charge in [0.1, 0.15) is 16.8 Å². The van der Waals surface area contributed by atoms with Gasteiger partial charge in [-0.1, -0.05) is 11.6 Å². The Hall–Kier alpha value is -0.350. The molecule has 0 aliphatic carbocycles. The zero-order valence-electron chi connectivity index (χ0n) is 5.23. The predicted octanol–water partition coefficient (Wildman–Crippen LogP) is 1.78. The fraction of sp³-hybridized carbons (Fsp3) is 0.200.